The van der Waals surface area contributed by atoms with E-state index in [2.05, 4.69) is 20.3 Å². The van der Waals surface area contributed by atoms with Crippen molar-refractivity contribution < 1.29 is 9.53 Å². The lowest BCUT2D eigenvalue weighted by Crippen LogP contribution is -2.34. The molecule has 0 bridgehead atoms. The van der Waals surface area contributed by atoms with E-state index < -0.39 is 17.7 Å². The number of fused-ring (bicyclic) bond motifs is 1. The third-order valence-electron chi connectivity index (χ3n) is 3.54. The Morgan fingerprint density at radius 3 is 2.69 bits per heavy atom. The van der Waals surface area contributed by atoms with Crippen LogP contribution < -0.4 is 5.32 Å². The zero-order valence-electron chi connectivity index (χ0n) is 15.0. The van der Waals surface area contributed by atoms with E-state index in [9.17, 15) is 4.79 Å². The van der Waals surface area contributed by atoms with Gasteiger partial charge in [-0.3, -0.25) is 9.55 Å². The largest absolute Gasteiger partial charge is 0.444 e. The number of alkyl carbamates (subject to hydrolysis) is 1. The Balaban J connectivity index is 2.01. The third kappa shape index (κ3) is 3.94. The molecule has 3 heterocycles. The van der Waals surface area contributed by atoms with Gasteiger partial charge in [-0.1, -0.05) is 11.6 Å². The molecule has 1 N–H and O–H groups in total. The van der Waals surface area contributed by atoms with Gasteiger partial charge in [0.05, 0.1) is 22.8 Å². The molecule has 26 heavy (non-hydrogen) atoms. The van der Waals surface area contributed by atoms with Crippen molar-refractivity contribution in [1.82, 2.24) is 24.8 Å². The Morgan fingerprint density at radius 1 is 1.27 bits per heavy atom. The Hall–Kier alpha value is -2.67. The van der Waals surface area contributed by atoms with Crippen molar-refractivity contribution >= 4 is 28.7 Å². The molecular weight excluding hydrogens is 354 g/mol. The van der Waals surface area contributed by atoms with Crippen LogP contribution in [0.1, 0.15) is 39.6 Å². The lowest BCUT2D eigenvalue weighted by atomic mass is 10.2. The first kappa shape index (κ1) is 18.1. The van der Waals surface area contributed by atoms with Crippen LogP contribution >= 0.6 is 11.6 Å². The highest BCUT2D eigenvalue weighted by molar-refractivity contribution is 6.30. The van der Waals surface area contributed by atoms with Gasteiger partial charge < -0.3 is 10.1 Å². The standard InChI is InChI=1S/C18H20ClN5O2/c1-11(22-17(25)26-18(2,3)4)16-23-13-10-20-8-7-14(13)24(16)15-6-5-12(19)9-21-15/h5-11H,1-4H3,(H,22,25). The van der Waals surface area contributed by atoms with Crippen molar-refractivity contribution in [3.8, 4) is 5.82 Å². The second-order valence-corrected chi connectivity index (χ2v) is 7.31. The average molecular weight is 374 g/mol. The fourth-order valence-electron chi connectivity index (χ4n) is 2.53. The highest BCUT2D eigenvalue weighted by Crippen LogP contribution is 2.24. The lowest BCUT2D eigenvalue weighted by Gasteiger charge is -2.22. The zero-order valence-corrected chi connectivity index (χ0v) is 15.8. The van der Waals surface area contributed by atoms with Crippen molar-refractivity contribution in [3.05, 3.63) is 47.6 Å². The number of rotatable bonds is 3. The Morgan fingerprint density at radius 2 is 2.04 bits per heavy atom. The number of carbonyl (C=O) groups excluding carboxylic acids is 1. The van der Waals surface area contributed by atoms with Crippen LogP contribution in [0.2, 0.25) is 5.02 Å². The molecule has 0 aliphatic rings. The molecule has 1 unspecified atom stereocenters. The first-order chi connectivity index (χ1) is 12.2. The number of halogens is 1. The number of pyridine rings is 2. The van der Waals surface area contributed by atoms with Crippen molar-refractivity contribution in [2.75, 3.05) is 0 Å². The minimum absolute atomic E-state index is 0.408. The number of nitrogens with one attached hydrogen (secondary N) is 1. The summed E-state index contributed by atoms with van der Waals surface area (Å²) in [5.41, 5.74) is 0.964. The predicted octanol–water partition coefficient (Wildman–Crippen LogP) is 4.05. The molecule has 0 aliphatic carbocycles. The normalized spacial score (nSPS) is 12.8. The fourth-order valence-corrected chi connectivity index (χ4v) is 2.64. The van der Waals surface area contributed by atoms with Crippen molar-refractivity contribution in [2.24, 2.45) is 0 Å². The van der Waals surface area contributed by atoms with Gasteiger partial charge in [-0.25, -0.2) is 14.8 Å². The monoisotopic (exact) mass is 373 g/mol. The summed E-state index contributed by atoms with van der Waals surface area (Å²) in [6.07, 6.45) is 4.42. The molecule has 0 radical (unpaired) electrons. The van der Waals surface area contributed by atoms with Crippen molar-refractivity contribution in [1.29, 1.82) is 0 Å². The number of ether oxygens (including phenoxy) is 1. The van der Waals surface area contributed by atoms with Crippen LogP contribution in [0, 0.1) is 0 Å². The van der Waals surface area contributed by atoms with Crippen LogP contribution in [0.3, 0.4) is 0 Å². The van der Waals surface area contributed by atoms with Crippen LogP contribution in [-0.4, -0.2) is 31.2 Å². The Kier molecular flexibility index (Phi) is 4.82. The first-order valence-electron chi connectivity index (χ1n) is 8.18. The van der Waals surface area contributed by atoms with E-state index in [0.29, 0.717) is 22.2 Å². The van der Waals surface area contributed by atoms with Gasteiger partial charge in [0.2, 0.25) is 0 Å². The van der Waals surface area contributed by atoms with Crippen LogP contribution in [0.25, 0.3) is 16.9 Å². The third-order valence-corrected chi connectivity index (χ3v) is 3.77. The lowest BCUT2D eigenvalue weighted by molar-refractivity contribution is 0.0505. The summed E-state index contributed by atoms with van der Waals surface area (Å²) in [7, 11) is 0. The van der Waals surface area contributed by atoms with Gasteiger partial charge in [-0.05, 0) is 45.9 Å². The maximum absolute atomic E-state index is 12.1. The van der Waals surface area contributed by atoms with Gasteiger partial charge in [0, 0.05) is 12.4 Å². The van der Waals surface area contributed by atoms with Gasteiger partial charge >= 0.3 is 6.09 Å². The number of aromatic nitrogens is 4. The van der Waals surface area contributed by atoms with E-state index >= 15 is 0 Å². The molecule has 0 saturated carbocycles. The van der Waals surface area contributed by atoms with E-state index in [0.717, 1.165) is 5.52 Å². The maximum Gasteiger partial charge on any atom is 0.408 e. The summed E-state index contributed by atoms with van der Waals surface area (Å²) in [5, 5.41) is 3.36. The Bertz CT molecular complexity index is 931. The van der Waals surface area contributed by atoms with Gasteiger partial charge in [0.25, 0.3) is 0 Å². The molecule has 8 heteroatoms. The van der Waals surface area contributed by atoms with Gasteiger partial charge in [0.1, 0.15) is 22.8 Å². The molecule has 1 amide bonds. The summed E-state index contributed by atoms with van der Waals surface area (Å²) >= 11 is 5.95. The van der Waals surface area contributed by atoms with E-state index in [-0.39, 0.29) is 0 Å². The number of hydrogen-bond donors (Lipinski definition) is 1. The molecule has 3 aromatic rings. The first-order valence-corrected chi connectivity index (χ1v) is 8.56. The molecule has 1 atom stereocenters. The second-order valence-electron chi connectivity index (χ2n) is 6.87. The van der Waals surface area contributed by atoms with Gasteiger partial charge in [-0.2, -0.15) is 0 Å². The van der Waals surface area contributed by atoms with Crippen LogP contribution in [-0.2, 0) is 4.74 Å². The van der Waals surface area contributed by atoms with Crippen molar-refractivity contribution in [3.63, 3.8) is 0 Å². The molecule has 0 saturated heterocycles. The molecule has 3 rings (SSSR count). The smallest absolute Gasteiger partial charge is 0.408 e. The highest BCUT2D eigenvalue weighted by Gasteiger charge is 2.23. The van der Waals surface area contributed by atoms with Crippen molar-refractivity contribution in [2.45, 2.75) is 39.3 Å². The minimum Gasteiger partial charge on any atom is -0.444 e. The maximum atomic E-state index is 12.1. The number of hydrogen-bond acceptors (Lipinski definition) is 5. The van der Waals surface area contributed by atoms with Gasteiger partial charge in [-0.15, -0.1) is 0 Å². The van der Waals surface area contributed by atoms with E-state index in [1.54, 1.807) is 30.7 Å². The van der Waals surface area contributed by atoms with Crippen LogP contribution in [0.5, 0.6) is 0 Å². The Labute approximate surface area is 156 Å². The fraction of sp³-hybridized carbons (Fsp3) is 0.333. The number of carbonyl (C=O) groups is 1. The molecule has 136 valence electrons. The predicted molar refractivity (Wildman–Crippen MR) is 99.5 cm³/mol. The molecule has 0 aliphatic heterocycles. The quantitative estimate of drug-likeness (QED) is 0.748. The number of nitrogens with zero attached hydrogens (tertiary/aromatic N) is 4. The van der Waals surface area contributed by atoms with E-state index in [4.69, 9.17) is 16.3 Å². The molecular formula is C18H20ClN5O2. The summed E-state index contributed by atoms with van der Waals surface area (Å²) in [4.78, 5) is 25.2. The topological polar surface area (TPSA) is 81.9 Å². The van der Waals surface area contributed by atoms with Crippen LogP contribution in [0.4, 0.5) is 4.79 Å². The molecule has 7 nitrogen and oxygen atoms in total. The molecule has 3 aromatic heterocycles. The second kappa shape index (κ2) is 6.92. The average Bonchev–Trinajstić information content (AvgIpc) is 2.93. The number of imidazole rings is 1. The van der Waals surface area contributed by atoms with Crippen LogP contribution in [0.15, 0.2) is 36.8 Å². The summed E-state index contributed by atoms with van der Waals surface area (Å²) in [6.45, 7) is 7.28. The van der Waals surface area contributed by atoms with E-state index in [1.165, 1.54) is 0 Å². The summed E-state index contributed by atoms with van der Waals surface area (Å²) in [5.74, 6) is 1.27. The number of amides is 1. The summed E-state index contributed by atoms with van der Waals surface area (Å²) < 4.78 is 7.20. The minimum atomic E-state index is -0.578. The molecule has 0 spiro atoms. The highest BCUT2D eigenvalue weighted by atomic mass is 35.5. The zero-order chi connectivity index (χ0) is 18.9. The molecule has 0 aromatic carbocycles. The SMILES string of the molecule is CC(NC(=O)OC(C)(C)C)c1nc2cnccc2n1-c1ccc(Cl)cn1. The van der Waals surface area contributed by atoms with Gasteiger partial charge in [0.15, 0.2) is 0 Å². The van der Waals surface area contributed by atoms with E-state index in [1.807, 2.05) is 38.3 Å². The summed E-state index contributed by atoms with van der Waals surface area (Å²) in [6, 6.07) is 5.00. The molecule has 0 fully saturated rings.